The van der Waals surface area contributed by atoms with Crippen LogP contribution in [-0.2, 0) is 4.74 Å². The summed E-state index contributed by atoms with van der Waals surface area (Å²) in [5, 5.41) is 10.9. The molecule has 0 N–H and O–H groups in total. The van der Waals surface area contributed by atoms with Crippen molar-refractivity contribution in [1.82, 2.24) is 4.57 Å². The van der Waals surface area contributed by atoms with Gasteiger partial charge >= 0.3 is 0 Å². The summed E-state index contributed by atoms with van der Waals surface area (Å²) in [6.45, 7) is 1.70. The zero-order valence-electron chi connectivity index (χ0n) is 11.2. The third kappa shape index (κ3) is 1.90. The van der Waals surface area contributed by atoms with E-state index in [4.69, 9.17) is 10.00 Å². The number of pyridine rings is 1. The molecule has 4 nitrogen and oxygen atoms in total. The van der Waals surface area contributed by atoms with Crippen LogP contribution < -0.4 is 5.56 Å². The van der Waals surface area contributed by atoms with Gasteiger partial charge in [-0.25, -0.2) is 0 Å². The molecule has 1 saturated heterocycles. The Kier molecular flexibility index (Phi) is 2.73. The van der Waals surface area contributed by atoms with Crippen molar-refractivity contribution in [2.75, 3.05) is 13.2 Å². The second-order valence-corrected chi connectivity index (χ2v) is 7.20. The summed E-state index contributed by atoms with van der Waals surface area (Å²) in [5.74, 6) is 0.598. The van der Waals surface area contributed by atoms with Gasteiger partial charge in [-0.2, -0.15) is 5.26 Å². The van der Waals surface area contributed by atoms with Gasteiger partial charge in [0.15, 0.2) is 0 Å². The number of nitrogens with zero attached hydrogens (tertiary/aromatic N) is 2. The highest BCUT2D eigenvalue weighted by Gasteiger charge is 2.50. The SMILES string of the molecule is N#CSc1cc(C2CC2)cn(C2CC3(COC3)C2)c1=O. The van der Waals surface area contributed by atoms with Gasteiger partial charge in [-0.15, -0.1) is 0 Å². The molecule has 1 spiro atoms. The Hall–Kier alpha value is -1.25. The fourth-order valence-corrected chi connectivity index (χ4v) is 3.88. The van der Waals surface area contributed by atoms with Gasteiger partial charge in [-0.3, -0.25) is 4.79 Å². The third-order valence-electron chi connectivity index (χ3n) is 4.78. The molecule has 0 amide bonds. The smallest absolute Gasteiger partial charge is 0.265 e. The van der Waals surface area contributed by atoms with Crippen molar-refractivity contribution in [2.45, 2.75) is 42.5 Å². The number of aromatic nitrogens is 1. The quantitative estimate of drug-likeness (QED) is 0.634. The number of hydrogen-bond donors (Lipinski definition) is 0. The first-order valence-corrected chi connectivity index (χ1v) is 7.92. The van der Waals surface area contributed by atoms with Crippen molar-refractivity contribution in [3.8, 4) is 5.40 Å². The summed E-state index contributed by atoms with van der Waals surface area (Å²) in [7, 11) is 0. The van der Waals surface area contributed by atoms with E-state index >= 15 is 0 Å². The van der Waals surface area contributed by atoms with E-state index in [9.17, 15) is 4.79 Å². The molecular weight excluding hydrogens is 272 g/mol. The molecule has 0 bridgehead atoms. The molecule has 0 radical (unpaired) electrons. The first-order chi connectivity index (χ1) is 9.71. The summed E-state index contributed by atoms with van der Waals surface area (Å²) in [5.41, 5.74) is 1.58. The molecule has 4 rings (SSSR count). The lowest BCUT2D eigenvalue weighted by Gasteiger charge is -2.53. The average Bonchev–Trinajstić information content (AvgIpc) is 3.14. The van der Waals surface area contributed by atoms with Gasteiger partial charge < -0.3 is 9.30 Å². The average molecular weight is 288 g/mol. The molecule has 0 unspecified atom stereocenters. The van der Waals surface area contributed by atoms with Crippen LogP contribution in [0.2, 0.25) is 0 Å². The van der Waals surface area contributed by atoms with Crippen LogP contribution >= 0.6 is 11.8 Å². The summed E-state index contributed by atoms with van der Waals surface area (Å²) < 4.78 is 7.18. The van der Waals surface area contributed by atoms with Crippen LogP contribution in [0.1, 0.15) is 43.2 Å². The van der Waals surface area contributed by atoms with Crippen LogP contribution in [0, 0.1) is 16.1 Å². The standard InChI is InChI=1S/C15H16N2O2S/c16-9-20-13-3-11(10-1-2-10)6-17(14(13)18)12-4-15(5-12)7-19-8-15/h3,6,10,12H,1-2,4-5,7-8H2. The molecule has 2 saturated carbocycles. The van der Waals surface area contributed by atoms with Crippen LogP contribution in [0.15, 0.2) is 22.0 Å². The highest BCUT2D eigenvalue weighted by Crippen LogP contribution is 2.53. The van der Waals surface area contributed by atoms with E-state index in [1.165, 1.54) is 18.4 Å². The Balaban J connectivity index is 1.67. The maximum absolute atomic E-state index is 12.5. The minimum absolute atomic E-state index is 0.000965. The molecule has 1 aromatic heterocycles. The molecule has 2 heterocycles. The Morgan fingerprint density at radius 3 is 2.70 bits per heavy atom. The summed E-state index contributed by atoms with van der Waals surface area (Å²) in [6, 6.07) is 2.22. The minimum Gasteiger partial charge on any atom is -0.380 e. The molecule has 5 heteroatoms. The van der Waals surface area contributed by atoms with E-state index in [1.54, 1.807) is 0 Å². The van der Waals surface area contributed by atoms with Crippen LogP contribution in [0.4, 0.5) is 0 Å². The molecule has 3 fully saturated rings. The first-order valence-electron chi connectivity index (χ1n) is 7.11. The molecule has 3 aliphatic rings. The van der Waals surface area contributed by atoms with Crippen molar-refractivity contribution >= 4 is 11.8 Å². The van der Waals surface area contributed by atoms with E-state index in [0.717, 1.165) is 37.8 Å². The number of thioether (sulfide) groups is 1. The van der Waals surface area contributed by atoms with Crippen LogP contribution in [0.3, 0.4) is 0 Å². The lowest BCUT2D eigenvalue weighted by atomic mass is 9.64. The van der Waals surface area contributed by atoms with E-state index in [-0.39, 0.29) is 5.56 Å². The fraction of sp³-hybridized carbons (Fsp3) is 0.600. The molecule has 104 valence electrons. The topological polar surface area (TPSA) is 55.0 Å². The number of thiocyanates is 1. The minimum atomic E-state index is 0.000965. The van der Waals surface area contributed by atoms with Crippen molar-refractivity contribution < 1.29 is 4.74 Å². The van der Waals surface area contributed by atoms with Gasteiger partial charge in [-0.1, -0.05) is 0 Å². The second-order valence-electron chi connectivity index (χ2n) is 6.37. The number of nitriles is 1. The lowest BCUT2D eigenvalue weighted by Crippen LogP contribution is -2.53. The van der Waals surface area contributed by atoms with Crippen molar-refractivity contribution in [3.05, 3.63) is 28.2 Å². The van der Waals surface area contributed by atoms with Gasteiger partial charge in [-0.05, 0) is 55.0 Å². The number of ether oxygens (including phenoxy) is 1. The summed E-state index contributed by atoms with van der Waals surface area (Å²) in [4.78, 5) is 13.1. The predicted molar refractivity (Wildman–Crippen MR) is 75.7 cm³/mol. The van der Waals surface area contributed by atoms with Crippen molar-refractivity contribution in [1.29, 1.82) is 5.26 Å². The van der Waals surface area contributed by atoms with Gasteiger partial charge in [0.25, 0.3) is 5.56 Å². The first kappa shape index (κ1) is 12.5. The normalized spacial score (nSPS) is 23.9. The molecular formula is C15H16N2O2S. The van der Waals surface area contributed by atoms with Gasteiger partial charge in [0.05, 0.1) is 18.1 Å². The number of hydrogen-bond acceptors (Lipinski definition) is 4. The third-order valence-corrected chi connectivity index (χ3v) is 5.39. The molecule has 20 heavy (non-hydrogen) atoms. The van der Waals surface area contributed by atoms with E-state index in [2.05, 4.69) is 0 Å². The second kappa shape index (κ2) is 4.37. The highest BCUT2D eigenvalue weighted by atomic mass is 32.2. The molecule has 1 aromatic rings. The molecule has 1 aliphatic heterocycles. The Labute approximate surface area is 121 Å². The van der Waals surface area contributed by atoms with Gasteiger partial charge in [0.1, 0.15) is 5.40 Å². The van der Waals surface area contributed by atoms with E-state index in [1.807, 2.05) is 22.2 Å². The van der Waals surface area contributed by atoms with Crippen LogP contribution in [-0.4, -0.2) is 17.8 Å². The van der Waals surface area contributed by atoms with Gasteiger partial charge in [0.2, 0.25) is 0 Å². The Morgan fingerprint density at radius 1 is 1.40 bits per heavy atom. The zero-order valence-corrected chi connectivity index (χ0v) is 12.0. The van der Waals surface area contributed by atoms with E-state index < -0.39 is 0 Å². The fourth-order valence-electron chi connectivity index (χ4n) is 3.39. The Morgan fingerprint density at radius 2 is 2.15 bits per heavy atom. The van der Waals surface area contributed by atoms with Crippen LogP contribution in [0.25, 0.3) is 0 Å². The molecule has 0 aromatic carbocycles. The molecule has 0 atom stereocenters. The van der Waals surface area contributed by atoms with Crippen molar-refractivity contribution in [3.63, 3.8) is 0 Å². The lowest BCUT2D eigenvalue weighted by molar-refractivity contribution is -0.175. The van der Waals surface area contributed by atoms with Gasteiger partial charge in [0, 0.05) is 17.7 Å². The highest BCUT2D eigenvalue weighted by molar-refractivity contribution is 8.03. The predicted octanol–water partition coefficient (Wildman–Crippen LogP) is 2.65. The maximum atomic E-state index is 12.5. The monoisotopic (exact) mass is 288 g/mol. The summed E-state index contributed by atoms with van der Waals surface area (Å²) in [6.07, 6.45) is 6.53. The van der Waals surface area contributed by atoms with Crippen LogP contribution in [0.5, 0.6) is 0 Å². The maximum Gasteiger partial charge on any atom is 0.265 e. The Bertz CT molecular complexity index is 645. The van der Waals surface area contributed by atoms with E-state index in [0.29, 0.717) is 22.3 Å². The molecule has 2 aliphatic carbocycles. The summed E-state index contributed by atoms with van der Waals surface area (Å²) >= 11 is 0.995. The number of rotatable bonds is 3. The van der Waals surface area contributed by atoms with Crippen molar-refractivity contribution in [2.24, 2.45) is 5.41 Å². The zero-order chi connectivity index (χ0) is 13.7. The largest absolute Gasteiger partial charge is 0.380 e.